The van der Waals surface area contributed by atoms with Crippen molar-refractivity contribution in [3.05, 3.63) is 15.8 Å². The molecule has 0 aromatic carbocycles. The molecule has 1 unspecified atom stereocenters. The van der Waals surface area contributed by atoms with Crippen LogP contribution in [-0.2, 0) is 6.54 Å². The van der Waals surface area contributed by atoms with Crippen molar-refractivity contribution >= 4 is 29.1 Å². The van der Waals surface area contributed by atoms with Crippen LogP contribution in [0.4, 0.5) is 5.69 Å². The number of nitro groups is 1. The first-order valence-electron chi connectivity index (χ1n) is 5.45. The Balaban J connectivity index is 3.15. The molecule has 5 nitrogen and oxygen atoms in total. The van der Waals surface area contributed by atoms with Gasteiger partial charge in [0.15, 0.2) is 5.03 Å². The third kappa shape index (κ3) is 3.35. The van der Waals surface area contributed by atoms with E-state index < -0.39 is 0 Å². The summed E-state index contributed by atoms with van der Waals surface area (Å²) in [6, 6.07) is 0. The average molecular weight is 278 g/mol. The summed E-state index contributed by atoms with van der Waals surface area (Å²) in [5.41, 5.74) is 0.577. The van der Waals surface area contributed by atoms with Crippen LogP contribution in [0.3, 0.4) is 0 Å². The van der Waals surface area contributed by atoms with Crippen molar-refractivity contribution in [1.29, 1.82) is 0 Å². The lowest BCUT2D eigenvalue weighted by molar-refractivity contribution is -0.388. The molecule has 17 heavy (non-hydrogen) atoms. The molecular formula is C10H16ClN3O2S. The van der Waals surface area contributed by atoms with Crippen LogP contribution >= 0.6 is 23.4 Å². The molecule has 96 valence electrons. The van der Waals surface area contributed by atoms with Crippen molar-refractivity contribution < 1.29 is 4.92 Å². The molecule has 0 saturated heterocycles. The number of aryl methyl sites for hydroxylation is 2. The highest BCUT2D eigenvalue weighted by atomic mass is 35.5. The maximum absolute atomic E-state index is 11.0. The standard InChI is InChI=1S/C10H16ClN3O2S/c1-4-5-13-10(17-7(2)6-11)9(14(15)16)8(3)12-13/h7H,4-6H2,1-3H3. The molecule has 1 aromatic heterocycles. The highest BCUT2D eigenvalue weighted by molar-refractivity contribution is 8.00. The molecule has 0 N–H and O–H groups in total. The number of aromatic nitrogens is 2. The van der Waals surface area contributed by atoms with Gasteiger partial charge in [-0.15, -0.1) is 11.6 Å². The van der Waals surface area contributed by atoms with Crippen molar-refractivity contribution in [3.8, 4) is 0 Å². The first-order chi connectivity index (χ1) is 8.01. The Bertz CT molecular complexity index is 409. The Morgan fingerprint density at radius 2 is 2.29 bits per heavy atom. The van der Waals surface area contributed by atoms with Gasteiger partial charge in [-0.2, -0.15) is 5.10 Å². The predicted molar refractivity (Wildman–Crippen MR) is 69.9 cm³/mol. The van der Waals surface area contributed by atoms with Crippen LogP contribution in [0.15, 0.2) is 5.03 Å². The second-order valence-electron chi connectivity index (χ2n) is 3.80. The van der Waals surface area contributed by atoms with E-state index in [1.54, 1.807) is 11.6 Å². The van der Waals surface area contributed by atoms with E-state index in [0.29, 0.717) is 23.1 Å². The third-order valence-electron chi connectivity index (χ3n) is 2.20. The topological polar surface area (TPSA) is 61.0 Å². The molecule has 0 aliphatic carbocycles. The SMILES string of the molecule is CCCn1nc(C)c([N+](=O)[O-])c1SC(C)CCl. The van der Waals surface area contributed by atoms with Gasteiger partial charge < -0.3 is 0 Å². The Labute approximate surface area is 110 Å². The fraction of sp³-hybridized carbons (Fsp3) is 0.700. The Kier molecular flexibility index (Phi) is 5.27. The van der Waals surface area contributed by atoms with Gasteiger partial charge in [0.1, 0.15) is 5.69 Å². The maximum Gasteiger partial charge on any atom is 0.323 e. The molecule has 0 spiro atoms. The second-order valence-corrected chi connectivity index (χ2v) is 5.54. The lowest BCUT2D eigenvalue weighted by Gasteiger charge is -2.08. The van der Waals surface area contributed by atoms with Crippen LogP contribution in [0, 0.1) is 17.0 Å². The molecule has 0 aliphatic heterocycles. The van der Waals surface area contributed by atoms with E-state index in [9.17, 15) is 10.1 Å². The minimum atomic E-state index is -0.363. The normalized spacial score (nSPS) is 12.7. The predicted octanol–water partition coefficient (Wildman–Crippen LogP) is 3.23. The minimum absolute atomic E-state index is 0.111. The molecule has 1 aromatic rings. The summed E-state index contributed by atoms with van der Waals surface area (Å²) in [5, 5.41) is 16.0. The molecule has 1 atom stereocenters. The lowest BCUT2D eigenvalue weighted by atomic mass is 10.4. The summed E-state index contributed by atoms with van der Waals surface area (Å²) in [6.45, 7) is 6.31. The first kappa shape index (κ1) is 14.3. The maximum atomic E-state index is 11.0. The number of nitrogens with zero attached hydrogens (tertiary/aromatic N) is 3. The number of rotatable bonds is 6. The van der Waals surface area contributed by atoms with Gasteiger partial charge in [0.2, 0.25) is 0 Å². The highest BCUT2D eigenvalue weighted by Gasteiger charge is 2.26. The zero-order valence-corrected chi connectivity index (χ0v) is 11.7. The zero-order valence-electron chi connectivity index (χ0n) is 10.1. The van der Waals surface area contributed by atoms with Gasteiger partial charge in [-0.3, -0.25) is 14.8 Å². The summed E-state index contributed by atoms with van der Waals surface area (Å²) in [4.78, 5) is 10.7. The molecular weight excluding hydrogens is 262 g/mol. The monoisotopic (exact) mass is 277 g/mol. The van der Waals surface area contributed by atoms with E-state index in [2.05, 4.69) is 5.10 Å². The van der Waals surface area contributed by atoms with Crippen molar-refractivity contribution in [2.75, 3.05) is 5.88 Å². The Morgan fingerprint density at radius 3 is 2.76 bits per heavy atom. The number of halogens is 1. The van der Waals surface area contributed by atoms with E-state index >= 15 is 0 Å². The molecule has 7 heteroatoms. The van der Waals surface area contributed by atoms with E-state index in [-0.39, 0.29) is 15.9 Å². The second kappa shape index (κ2) is 6.26. The molecule has 1 rings (SSSR count). The van der Waals surface area contributed by atoms with Crippen molar-refractivity contribution in [2.24, 2.45) is 0 Å². The summed E-state index contributed by atoms with van der Waals surface area (Å²) in [5.74, 6) is 0.457. The summed E-state index contributed by atoms with van der Waals surface area (Å²) in [7, 11) is 0. The minimum Gasteiger partial charge on any atom is -0.258 e. The van der Waals surface area contributed by atoms with Crippen molar-refractivity contribution in [3.63, 3.8) is 0 Å². The van der Waals surface area contributed by atoms with E-state index in [4.69, 9.17) is 11.6 Å². The fourth-order valence-electron chi connectivity index (χ4n) is 1.46. The third-order valence-corrected chi connectivity index (χ3v) is 4.04. The molecule has 0 aliphatic rings. The van der Waals surface area contributed by atoms with Gasteiger partial charge in [0.25, 0.3) is 0 Å². The zero-order chi connectivity index (χ0) is 13.0. The van der Waals surface area contributed by atoms with E-state index in [0.717, 1.165) is 6.42 Å². The van der Waals surface area contributed by atoms with Crippen LogP contribution in [0.2, 0.25) is 0 Å². The Hall–Kier alpha value is -0.750. The van der Waals surface area contributed by atoms with Gasteiger partial charge in [-0.05, 0) is 13.3 Å². The fourth-order valence-corrected chi connectivity index (χ4v) is 2.68. The summed E-state index contributed by atoms with van der Waals surface area (Å²) < 4.78 is 1.71. The average Bonchev–Trinajstić information content (AvgIpc) is 2.55. The van der Waals surface area contributed by atoms with Gasteiger partial charge in [-0.25, -0.2) is 0 Å². The van der Waals surface area contributed by atoms with Gasteiger partial charge in [0, 0.05) is 17.7 Å². The number of hydrogen-bond donors (Lipinski definition) is 0. The number of alkyl halides is 1. The van der Waals surface area contributed by atoms with Crippen molar-refractivity contribution in [1.82, 2.24) is 9.78 Å². The van der Waals surface area contributed by atoms with Crippen LogP contribution in [-0.4, -0.2) is 25.8 Å². The van der Waals surface area contributed by atoms with Crippen LogP contribution in [0.5, 0.6) is 0 Å². The van der Waals surface area contributed by atoms with Crippen LogP contribution in [0.25, 0.3) is 0 Å². The number of thioether (sulfide) groups is 1. The molecule has 0 bridgehead atoms. The van der Waals surface area contributed by atoms with Crippen LogP contribution in [0.1, 0.15) is 26.0 Å². The molecule has 0 saturated carbocycles. The van der Waals surface area contributed by atoms with E-state index in [1.165, 1.54) is 11.8 Å². The van der Waals surface area contributed by atoms with Crippen LogP contribution < -0.4 is 0 Å². The molecule has 0 radical (unpaired) electrons. The van der Waals surface area contributed by atoms with Gasteiger partial charge in [-0.1, -0.05) is 25.6 Å². The molecule has 0 amide bonds. The highest BCUT2D eigenvalue weighted by Crippen LogP contribution is 2.35. The van der Waals surface area contributed by atoms with Gasteiger partial charge >= 0.3 is 5.69 Å². The summed E-state index contributed by atoms with van der Waals surface area (Å²) in [6.07, 6.45) is 0.890. The largest absolute Gasteiger partial charge is 0.323 e. The number of hydrogen-bond acceptors (Lipinski definition) is 4. The summed E-state index contributed by atoms with van der Waals surface area (Å²) >= 11 is 7.16. The Morgan fingerprint density at radius 1 is 1.65 bits per heavy atom. The first-order valence-corrected chi connectivity index (χ1v) is 6.87. The molecule has 0 fully saturated rings. The quantitative estimate of drug-likeness (QED) is 0.347. The smallest absolute Gasteiger partial charge is 0.258 e. The molecule has 1 heterocycles. The van der Waals surface area contributed by atoms with E-state index in [1.807, 2.05) is 13.8 Å². The van der Waals surface area contributed by atoms with Gasteiger partial charge in [0.05, 0.1) is 4.92 Å². The van der Waals surface area contributed by atoms with Crippen molar-refractivity contribution in [2.45, 2.75) is 44.0 Å². The lowest BCUT2D eigenvalue weighted by Crippen LogP contribution is -2.05.